The van der Waals surface area contributed by atoms with Crippen LogP contribution in [-0.2, 0) is 20.9 Å². The number of nitrogens with one attached hydrogen (secondary N) is 2. The summed E-state index contributed by atoms with van der Waals surface area (Å²) in [6.07, 6.45) is 0. The Morgan fingerprint density at radius 1 is 1.17 bits per heavy atom. The summed E-state index contributed by atoms with van der Waals surface area (Å²) in [6.45, 7) is 4.44. The predicted molar refractivity (Wildman–Crippen MR) is 92.5 cm³/mol. The molecule has 0 aliphatic rings. The van der Waals surface area contributed by atoms with Crippen molar-refractivity contribution >= 4 is 24.2 Å². The average molecular weight is 344 g/mol. The maximum Gasteiger partial charge on any atom is 0.242 e. The number of amides is 2. The van der Waals surface area contributed by atoms with Crippen molar-refractivity contribution in [1.82, 2.24) is 15.5 Å². The molecular weight excluding hydrogens is 318 g/mol. The zero-order chi connectivity index (χ0) is 16.2. The fraction of sp³-hybridized carbons (Fsp3) is 0.500. The van der Waals surface area contributed by atoms with Gasteiger partial charge in [0, 0.05) is 26.7 Å². The number of ether oxygens (including phenoxy) is 1. The van der Waals surface area contributed by atoms with Gasteiger partial charge in [0.25, 0.3) is 0 Å². The molecule has 1 aromatic rings. The van der Waals surface area contributed by atoms with Gasteiger partial charge in [-0.25, -0.2) is 0 Å². The molecule has 0 fully saturated rings. The first-order chi connectivity index (χ1) is 10.7. The van der Waals surface area contributed by atoms with Crippen LogP contribution in [0.25, 0.3) is 0 Å². The molecule has 0 heterocycles. The molecule has 130 valence electrons. The van der Waals surface area contributed by atoms with Gasteiger partial charge in [0.1, 0.15) is 0 Å². The third-order valence-electron chi connectivity index (χ3n) is 3.16. The summed E-state index contributed by atoms with van der Waals surface area (Å²) in [4.78, 5) is 25.4. The molecule has 2 N–H and O–H groups in total. The SMILES string of the molecule is CCN(Cc1ccccc1)C(=O)CNC(=O)CNCCOC.Cl. The first-order valence-corrected chi connectivity index (χ1v) is 7.45. The van der Waals surface area contributed by atoms with E-state index in [4.69, 9.17) is 4.74 Å². The van der Waals surface area contributed by atoms with E-state index in [1.807, 2.05) is 37.3 Å². The summed E-state index contributed by atoms with van der Waals surface area (Å²) < 4.78 is 4.87. The van der Waals surface area contributed by atoms with Gasteiger partial charge < -0.3 is 20.3 Å². The number of nitrogens with zero attached hydrogens (tertiary/aromatic N) is 1. The van der Waals surface area contributed by atoms with Crippen LogP contribution in [0.2, 0.25) is 0 Å². The second-order valence-electron chi connectivity index (χ2n) is 4.84. The minimum atomic E-state index is -0.194. The highest BCUT2D eigenvalue weighted by Gasteiger charge is 2.13. The highest BCUT2D eigenvalue weighted by Crippen LogP contribution is 2.04. The molecule has 1 rings (SSSR count). The number of halogens is 1. The third-order valence-corrected chi connectivity index (χ3v) is 3.16. The van der Waals surface area contributed by atoms with Crippen LogP contribution in [-0.4, -0.2) is 56.6 Å². The van der Waals surface area contributed by atoms with E-state index >= 15 is 0 Å². The molecule has 0 saturated carbocycles. The highest BCUT2D eigenvalue weighted by molar-refractivity contribution is 5.85. The van der Waals surface area contributed by atoms with Crippen molar-refractivity contribution in [3.8, 4) is 0 Å². The van der Waals surface area contributed by atoms with E-state index in [9.17, 15) is 9.59 Å². The van der Waals surface area contributed by atoms with Gasteiger partial charge in [-0.05, 0) is 12.5 Å². The van der Waals surface area contributed by atoms with Crippen molar-refractivity contribution in [2.45, 2.75) is 13.5 Å². The van der Waals surface area contributed by atoms with Crippen molar-refractivity contribution in [3.63, 3.8) is 0 Å². The van der Waals surface area contributed by atoms with E-state index in [0.717, 1.165) is 5.56 Å². The summed E-state index contributed by atoms with van der Waals surface area (Å²) in [6, 6.07) is 9.79. The van der Waals surface area contributed by atoms with E-state index in [2.05, 4.69) is 10.6 Å². The Kier molecular flexibility index (Phi) is 12.0. The molecule has 0 unspecified atom stereocenters. The summed E-state index contributed by atoms with van der Waals surface area (Å²) in [5.74, 6) is -0.281. The van der Waals surface area contributed by atoms with Gasteiger partial charge in [-0.2, -0.15) is 0 Å². The van der Waals surface area contributed by atoms with Crippen LogP contribution in [0, 0.1) is 0 Å². The Hall–Kier alpha value is -1.63. The largest absolute Gasteiger partial charge is 0.383 e. The lowest BCUT2D eigenvalue weighted by Gasteiger charge is -2.21. The summed E-state index contributed by atoms with van der Waals surface area (Å²) >= 11 is 0. The third kappa shape index (κ3) is 9.18. The molecule has 1 aromatic carbocycles. The van der Waals surface area contributed by atoms with E-state index in [1.54, 1.807) is 12.0 Å². The first-order valence-electron chi connectivity index (χ1n) is 7.45. The molecule has 7 heteroatoms. The van der Waals surface area contributed by atoms with Gasteiger partial charge in [0.15, 0.2) is 0 Å². The van der Waals surface area contributed by atoms with Gasteiger partial charge in [-0.1, -0.05) is 30.3 Å². The van der Waals surface area contributed by atoms with Crippen LogP contribution < -0.4 is 10.6 Å². The lowest BCUT2D eigenvalue weighted by atomic mass is 10.2. The van der Waals surface area contributed by atoms with Crippen LogP contribution in [0.1, 0.15) is 12.5 Å². The Labute approximate surface area is 144 Å². The molecule has 0 aliphatic heterocycles. The zero-order valence-corrected chi connectivity index (χ0v) is 14.5. The smallest absolute Gasteiger partial charge is 0.242 e. The van der Waals surface area contributed by atoms with Crippen LogP contribution in [0.5, 0.6) is 0 Å². The van der Waals surface area contributed by atoms with Gasteiger partial charge in [0.05, 0.1) is 19.7 Å². The van der Waals surface area contributed by atoms with Crippen LogP contribution in [0.4, 0.5) is 0 Å². The van der Waals surface area contributed by atoms with Crippen LogP contribution in [0.3, 0.4) is 0 Å². The standard InChI is InChI=1S/C16H25N3O3.ClH/c1-3-19(13-14-7-5-4-6-8-14)16(21)12-18-15(20)11-17-9-10-22-2;/h4-8,17H,3,9-13H2,1-2H3,(H,18,20);1H. The Bertz CT molecular complexity index is 457. The van der Waals surface area contributed by atoms with E-state index in [1.165, 1.54) is 0 Å². The topological polar surface area (TPSA) is 70.7 Å². The van der Waals surface area contributed by atoms with Gasteiger partial charge in [-0.3, -0.25) is 9.59 Å². The van der Waals surface area contributed by atoms with Crippen molar-refractivity contribution in [2.24, 2.45) is 0 Å². The number of benzene rings is 1. The van der Waals surface area contributed by atoms with Crippen molar-refractivity contribution in [2.75, 3.05) is 39.9 Å². The number of methoxy groups -OCH3 is 1. The number of hydrogen-bond donors (Lipinski definition) is 2. The Balaban J connectivity index is 0.00000484. The molecule has 0 atom stereocenters. The quantitative estimate of drug-likeness (QED) is 0.617. The number of likely N-dealkylation sites (N-methyl/N-ethyl adjacent to an activating group) is 1. The molecular formula is C16H26ClN3O3. The summed E-state index contributed by atoms with van der Waals surface area (Å²) in [5.41, 5.74) is 1.07. The summed E-state index contributed by atoms with van der Waals surface area (Å²) in [7, 11) is 1.60. The zero-order valence-electron chi connectivity index (χ0n) is 13.7. The van der Waals surface area contributed by atoms with Gasteiger partial charge >= 0.3 is 0 Å². The van der Waals surface area contributed by atoms with E-state index in [-0.39, 0.29) is 37.3 Å². The fourth-order valence-corrected chi connectivity index (χ4v) is 1.90. The molecule has 0 radical (unpaired) electrons. The fourth-order valence-electron chi connectivity index (χ4n) is 1.90. The second kappa shape index (κ2) is 12.9. The molecule has 0 aliphatic carbocycles. The predicted octanol–water partition coefficient (Wildman–Crippen LogP) is 0.809. The Morgan fingerprint density at radius 2 is 1.87 bits per heavy atom. The molecule has 23 heavy (non-hydrogen) atoms. The maximum atomic E-state index is 12.1. The van der Waals surface area contributed by atoms with Crippen molar-refractivity contribution in [1.29, 1.82) is 0 Å². The number of rotatable bonds is 10. The molecule has 0 saturated heterocycles. The monoisotopic (exact) mass is 343 g/mol. The minimum Gasteiger partial charge on any atom is -0.383 e. The number of carbonyl (C=O) groups excluding carboxylic acids is 2. The average Bonchev–Trinajstić information content (AvgIpc) is 2.55. The Morgan fingerprint density at radius 3 is 2.48 bits per heavy atom. The molecule has 6 nitrogen and oxygen atoms in total. The maximum absolute atomic E-state index is 12.1. The first kappa shape index (κ1) is 21.4. The van der Waals surface area contributed by atoms with Crippen LogP contribution >= 0.6 is 12.4 Å². The molecule has 0 bridgehead atoms. The van der Waals surface area contributed by atoms with E-state index < -0.39 is 0 Å². The van der Waals surface area contributed by atoms with Crippen LogP contribution in [0.15, 0.2) is 30.3 Å². The van der Waals surface area contributed by atoms with Crippen molar-refractivity contribution < 1.29 is 14.3 Å². The van der Waals surface area contributed by atoms with E-state index in [0.29, 0.717) is 26.2 Å². The molecule has 0 spiro atoms. The minimum absolute atomic E-state index is 0. The molecule has 2 amide bonds. The number of carbonyl (C=O) groups is 2. The lowest BCUT2D eigenvalue weighted by Crippen LogP contribution is -2.42. The normalized spacial score (nSPS) is 9.83. The second-order valence-corrected chi connectivity index (χ2v) is 4.84. The summed E-state index contributed by atoms with van der Waals surface area (Å²) in [5, 5.41) is 5.56. The van der Waals surface area contributed by atoms with Crippen molar-refractivity contribution in [3.05, 3.63) is 35.9 Å². The van der Waals surface area contributed by atoms with Gasteiger partial charge in [0.2, 0.25) is 11.8 Å². The van der Waals surface area contributed by atoms with Gasteiger partial charge in [-0.15, -0.1) is 12.4 Å². The number of hydrogen-bond acceptors (Lipinski definition) is 4. The molecule has 0 aromatic heterocycles. The lowest BCUT2D eigenvalue weighted by molar-refractivity contribution is -0.133. The highest BCUT2D eigenvalue weighted by atomic mass is 35.5.